The Bertz CT molecular complexity index is 2360. The van der Waals surface area contributed by atoms with Crippen LogP contribution in [0.1, 0.15) is 115 Å². The van der Waals surface area contributed by atoms with Crippen molar-refractivity contribution in [2.45, 2.75) is 212 Å². The standard InChI is InChI=1S/C54H88N8O21/c1-30(60(14)49(71)82-53(8,9)10)39(65)45(75-24-23-63)79-41-36(58-43(67)38(64)21-22-55-47(69)80-51(2,3)4)25-37(59-48(70)81-52(5,6)7)42(40(41)66)78-44-35(57-32-27-61(28-32)50(72)83-54(11,12)13)20-19-34(77-44)26-56-46(68)76-29-31-15-17-33(18-16-31)62(73)74/h15-19,30,32,35-42,44-45,57,63-66H,20-29H2,1-14H3,(H,55,69)(H,56,68)(H,58,67)(H,59,70)/t30-,35+,36+,37-,38-,39+,40+,41-,42+,44+,45+/m0/s1. The third kappa shape index (κ3) is 23.3. The SMILES string of the molecule is C[C@@H]([C@@H](O)[C@H](OCCO)O[C@@H]1[C@@H](O)[C@H](O[C@H]2OC(CNC(=O)OCc3ccc([N+](=O)[O-])cc3)=CC[C@H]2NC2CN(C(=O)OC(C)(C)C)C2)[C@@H](NC(=O)OC(C)(C)C)C[C@H]1NC(=O)[C@@H](O)CCNC(=O)OC(C)(C)C)N(C)C(=O)OC(C)(C)C. The Morgan fingerprint density at radius 3 is 1.98 bits per heavy atom. The lowest BCUT2D eigenvalue weighted by atomic mass is 9.83. The van der Waals surface area contributed by atoms with E-state index >= 15 is 0 Å². The molecule has 0 unspecified atom stereocenters. The van der Waals surface area contributed by atoms with E-state index in [-0.39, 0.29) is 69.5 Å². The molecule has 1 aliphatic carbocycles. The van der Waals surface area contributed by atoms with E-state index in [1.807, 2.05) is 0 Å². The number of nitrogens with zero attached hydrogens (tertiary/aromatic N) is 3. The Labute approximate surface area is 483 Å². The van der Waals surface area contributed by atoms with E-state index in [1.165, 1.54) is 43.1 Å². The third-order valence-corrected chi connectivity index (χ3v) is 12.5. The average molecular weight is 1190 g/mol. The van der Waals surface area contributed by atoms with E-state index < -0.39 is 144 Å². The first kappa shape index (κ1) is 69.2. The first-order valence-electron chi connectivity index (χ1n) is 27.5. The van der Waals surface area contributed by atoms with Crippen LogP contribution in [0.25, 0.3) is 0 Å². The lowest BCUT2D eigenvalue weighted by Gasteiger charge is -2.48. The summed E-state index contributed by atoms with van der Waals surface area (Å²) in [6.07, 6.45) is -14.9. The molecule has 9 N–H and O–H groups in total. The van der Waals surface area contributed by atoms with Crippen molar-refractivity contribution in [3.63, 3.8) is 0 Å². The van der Waals surface area contributed by atoms with Crippen molar-refractivity contribution in [3.8, 4) is 0 Å². The highest BCUT2D eigenvalue weighted by Gasteiger charge is 2.52. The summed E-state index contributed by atoms with van der Waals surface area (Å²) >= 11 is 0. The molecule has 4 rings (SSSR count). The van der Waals surface area contributed by atoms with E-state index in [4.69, 9.17) is 42.6 Å². The number of aliphatic hydroxyl groups excluding tert-OH is 4. The average Bonchev–Trinajstić information content (AvgIpc) is 3.09. The Morgan fingerprint density at radius 1 is 0.807 bits per heavy atom. The number of benzene rings is 1. The number of ether oxygens (including phenoxy) is 9. The first-order valence-corrected chi connectivity index (χ1v) is 27.5. The molecular weight excluding hydrogens is 1100 g/mol. The summed E-state index contributed by atoms with van der Waals surface area (Å²) < 4.78 is 52.8. The van der Waals surface area contributed by atoms with Crippen LogP contribution in [0.2, 0.25) is 0 Å². The highest BCUT2D eigenvalue weighted by atomic mass is 16.7. The molecule has 1 saturated carbocycles. The van der Waals surface area contributed by atoms with Gasteiger partial charge in [-0.3, -0.25) is 14.9 Å². The number of rotatable bonds is 23. The molecule has 29 nitrogen and oxygen atoms in total. The maximum absolute atomic E-state index is 14.0. The Morgan fingerprint density at radius 2 is 1.40 bits per heavy atom. The first-order chi connectivity index (χ1) is 38.4. The lowest BCUT2D eigenvalue weighted by molar-refractivity contribution is -0.384. The second kappa shape index (κ2) is 30.0. The number of non-ortho nitro benzene ring substituents is 1. The van der Waals surface area contributed by atoms with Gasteiger partial charge < -0.3 is 99.4 Å². The van der Waals surface area contributed by atoms with Crippen LogP contribution in [0.15, 0.2) is 36.1 Å². The molecular formula is C54H88N8O21. The van der Waals surface area contributed by atoms with Crippen molar-refractivity contribution in [3.05, 3.63) is 51.8 Å². The summed E-state index contributed by atoms with van der Waals surface area (Å²) in [6, 6.07) is 0.436. The Kier molecular flexibility index (Phi) is 25.0. The second-order valence-electron chi connectivity index (χ2n) is 24.4. The minimum absolute atomic E-state index is 0.146. The van der Waals surface area contributed by atoms with Crippen LogP contribution in [-0.2, 0) is 54.0 Å². The zero-order valence-electron chi connectivity index (χ0n) is 50.0. The monoisotopic (exact) mass is 1180 g/mol. The molecule has 1 aromatic rings. The topological polar surface area (TPSA) is 376 Å². The highest BCUT2D eigenvalue weighted by molar-refractivity contribution is 5.81. The third-order valence-electron chi connectivity index (χ3n) is 12.5. The van der Waals surface area contributed by atoms with Gasteiger partial charge in [-0.25, -0.2) is 24.0 Å². The molecule has 1 aromatic carbocycles. The molecule has 2 aliphatic heterocycles. The normalized spacial score (nSPS) is 22.8. The number of aliphatic hydroxyl groups is 4. The number of hydrogen-bond donors (Lipinski definition) is 9. The van der Waals surface area contributed by atoms with Crippen molar-refractivity contribution >= 4 is 42.1 Å². The van der Waals surface area contributed by atoms with Gasteiger partial charge in [0.1, 0.15) is 65.3 Å². The lowest BCUT2D eigenvalue weighted by Crippen LogP contribution is -2.69. The summed E-state index contributed by atoms with van der Waals surface area (Å²) in [4.78, 5) is 92.4. The van der Waals surface area contributed by atoms with E-state index in [1.54, 1.807) is 89.2 Å². The molecule has 0 bridgehead atoms. The number of carbonyl (C=O) groups excluding carboxylic acids is 6. The fourth-order valence-corrected chi connectivity index (χ4v) is 8.45. The van der Waals surface area contributed by atoms with E-state index in [9.17, 15) is 59.3 Å². The summed E-state index contributed by atoms with van der Waals surface area (Å²) in [5.41, 5.74) is -3.25. The molecule has 2 heterocycles. The highest BCUT2D eigenvalue weighted by Crippen LogP contribution is 2.33. The van der Waals surface area contributed by atoms with Crippen LogP contribution in [0.5, 0.6) is 0 Å². The summed E-state index contributed by atoms with van der Waals surface area (Å²) in [5, 5.41) is 70.9. The summed E-state index contributed by atoms with van der Waals surface area (Å²) in [7, 11) is 1.36. The molecule has 29 heteroatoms. The smallest absolute Gasteiger partial charge is 0.410 e. The van der Waals surface area contributed by atoms with Crippen LogP contribution >= 0.6 is 0 Å². The molecule has 470 valence electrons. The second-order valence-corrected chi connectivity index (χ2v) is 24.4. The fraction of sp³-hybridized carbons (Fsp3) is 0.741. The van der Waals surface area contributed by atoms with Gasteiger partial charge in [-0.2, -0.15) is 0 Å². The van der Waals surface area contributed by atoms with Crippen molar-refractivity contribution < 1.29 is 96.7 Å². The molecule has 0 spiro atoms. The molecule has 83 heavy (non-hydrogen) atoms. The van der Waals surface area contributed by atoms with Gasteiger partial charge >= 0.3 is 30.5 Å². The van der Waals surface area contributed by atoms with Crippen LogP contribution in [0.3, 0.4) is 0 Å². The molecule has 0 aromatic heterocycles. The van der Waals surface area contributed by atoms with Gasteiger partial charge in [0.25, 0.3) is 5.69 Å². The predicted molar refractivity (Wildman–Crippen MR) is 294 cm³/mol. The number of carbonyl (C=O) groups is 6. The van der Waals surface area contributed by atoms with Crippen molar-refractivity contribution in [2.24, 2.45) is 0 Å². The van der Waals surface area contributed by atoms with Gasteiger partial charge in [0.05, 0.1) is 48.8 Å². The molecule has 1 saturated heterocycles. The maximum Gasteiger partial charge on any atom is 0.410 e. The van der Waals surface area contributed by atoms with Gasteiger partial charge in [0.15, 0.2) is 6.29 Å². The van der Waals surface area contributed by atoms with Gasteiger partial charge in [0.2, 0.25) is 12.2 Å². The Balaban J connectivity index is 1.74. The molecule has 3 aliphatic rings. The minimum atomic E-state index is -1.95. The number of amides is 6. The molecule has 6 amide bonds. The van der Waals surface area contributed by atoms with E-state index in [0.717, 1.165) is 4.90 Å². The van der Waals surface area contributed by atoms with E-state index in [2.05, 4.69) is 26.6 Å². The van der Waals surface area contributed by atoms with Crippen molar-refractivity contribution in [1.29, 1.82) is 0 Å². The number of hydrogen-bond acceptors (Lipinski definition) is 22. The van der Waals surface area contributed by atoms with E-state index in [0.29, 0.717) is 5.56 Å². The zero-order chi connectivity index (χ0) is 62.4. The van der Waals surface area contributed by atoms with Gasteiger partial charge in [-0.1, -0.05) is 0 Å². The van der Waals surface area contributed by atoms with Crippen LogP contribution < -0.4 is 26.6 Å². The predicted octanol–water partition coefficient (Wildman–Crippen LogP) is 3.17. The van der Waals surface area contributed by atoms with Crippen LogP contribution in [-0.4, -0.2) is 214 Å². The van der Waals surface area contributed by atoms with Crippen LogP contribution in [0.4, 0.5) is 29.7 Å². The molecule has 11 atom stereocenters. The zero-order valence-corrected chi connectivity index (χ0v) is 50.0. The minimum Gasteiger partial charge on any atom is -0.466 e. The number of nitro groups is 1. The quantitative estimate of drug-likeness (QED) is 0.0329. The largest absolute Gasteiger partial charge is 0.466 e. The number of likely N-dealkylation sites (tertiary alicyclic amines) is 1. The van der Waals surface area contributed by atoms with Gasteiger partial charge in [-0.15, -0.1) is 0 Å². The number of nitrogens with one attached hydrogen (secondary N) is 5. The fourth-order valence-electron chi connectivity index (χ4n) is 8.45. The Hall–Kier alpha value is -6.34. The van der Waals surface area contributed by atoms with Crippen molar-refractivity contribution in [2.75, 3.05) is 46.4 Å². The van der Waals surface area contributed by atoms with Crippen LogP contribution in [0, 0.1) is 10.1 Å². The molecule has 2 fully saturated rings. The van der Waals surface area contributed by atoms with Gasteiger partial charge in [0, 0.05) is 44.9 Å². The number of alkyl carbamates (subject to hydrolysis) is 3. The van der Waals surface area contributed by atoms with Gasteiger partial charge in [-0.05, 0) is 133 Å². The maximum atomic E-state index is 14.0. The molecule has 0 radical (unpaired) electrons. The summed E-state index contributed by atoms with van der Waals surface area (Å²) in [5.74, 6) is -0.860. The van der Waals surface area contributed by atoms with Crippen molar-refractivity contribution in [1.82, 2.24) is 36.4 Å². The summed E-state index contributed by atoms with van der Waals surface area (Å²) in [6.45, 7) is 20.1. The number of likely N-dealkylation sites (N-methyl/N-ethyl adjacent to an activating group) is 1. The number of nitro benzene ring substituents is 1.